The molecule has 12 heavy (non-hydrogen) atoms. The minimum atomic E-state index is 0.742. The third kappa shape index (κ3) is 1.97. The molecule has 70 valence electrons. The zero-order valence-electron chi connectivity index (χ0n) is 7.77. The Kier molecular flexibility index (Phi) is 2.97. The van der Waals surface area contributed by atoms with Crippen molar-refractivity contribution in [3.63, 3.8) is 0 Å². The summed E-state index contributed by atoms with van der Waals surface area (Å²) in [4.78, 5) is 0. The summed E-state index contributed by atoms with van der Waals surface area (Å²) in [6, 6.07) is 0. The Labute approximate surface area is 79.7 Å². The molecular formula is C10H19NS. The highest BCUT2D eigenvalue weighted by molar-refractivity contribution is 7.99. The molecular weight excluding hydrogens is 166 g/mol. The van der Waals surface area contributed by atoms with Gasteiger partial charge in [-0.2, -0.15) is 11.8 Å². The molecule has 0 amide bonds. The van der Waals surface area contributed by atoms with E-state index in [0.717, 1.165) is 5.41 Å². The van der Waals surface area contributed by atoms with Gasteiger partial charge in [-0.05, 0) is 62.1 Å². The predicted octanol–water partition coefficient (Wildman–Crippen LogP) is 2.27. The minimum absolute atomic E-state index is 0.742. The van der Waals surface area contributed by atoms with E-state index < -0.39 is 0 Å². The molecule has 1 unspecified atom stereocenters. The third-order valence-corrected chi connectivity index (χ3v) is 4.69. The van der Waals surface area contributed by atoms with Gasteiger partial charge in [0.15, 0.2) is 0 Å². The van der Waals surface area contributed by atoms with Gasteiger partial charge in [0.25, 0.3) is 0 Å². The highest BCUT2D eigenvalue weighted by Gasteiger charge is 2.32. The van der Waals surface area contributed by atoms with E-state index in [1.54, 1.807) is 0 Å². The monoisotopic (exact) mass is 185 g/mol. The smallest absolute Gasteiger partial charge is 0.00103 e. The molecule has 0 saturated carbocycles. The average Bonchev–Trinajstić information content (AvgIpc) is 2.33. The molecule has 2 aliphatic heterocycles. The van der Waals surface area contributed by atoms with E-state index >= 15 is 0 Å². The summed E-state index contributed by atoms with van der Waals surface area (Å²) in [5.41, 5.74) is 0.742. The van der Waals surface area contributed by atoms with Crippen LogP contribution in [0.4, 0.5) is 0 Å². The van der Waals surface area contributed by atoms with Crippen LogP contribution in [0.5, 0.6) is 0 Å². The maximum atomic E-state index is 3.51. The molecule has 0 aromatic heterocycles. The Morgan fingerprint density at radius 1 is 1.00 bits per heavy atom. The van der Waals surface area contributed by atoms with Crippen molar-refractivity contribution in [2.24, 2.45) is 5.41 Å². The van der Waals surface area contributed by atoms with Crippen molar-refractivity contribution in [1.29, 1.82) is 0 Å². The molecule has 2 heteroatoms. The van der Waals surface area contributed by atoms with Crippen LogP contribution in [0.25, 0.3) is 0 Å². The Hall–Kier alpha value is 0.310. The fraction of sp³-hybridized carbons (Fsp3) is 1.00. The zero-order chi connectivity index (χ0) is 8.28. The molecule has 2 heterocycles. The second kappa shape index (κ2) is 4.01. The van der Waals surface area contributed by atoms with Crippen molar-refractivity contribution in [2.45, 2.75) is 32.1 Å². The molecule has 2 aliphatic rings. The summed E-state index contributed by atoms with van der Waals surface area (Å²) >= 11 is 2.18. The van der Waals surface area contributed by atoms with Gasteiger partial charge in [0.1, 0.15) is 0 Å². The van der Waals surface area contributed by atoms with Crippen LogP contribution in [0.1, 0.15) is 32.1 Å². The average molecular weight is 185 g/mol. The van der Waals surface area contributed by atoms with Crippen molar-refractivity contribution >= 4 is 11.8 Å². The van der Waals surface area contributed by atoms with E-state index in [4.69, 9.17) is 0 Å². The van der Waals surface area contributed by atoms with Crippen molar-refractivity contribution < 1.29 is 0 Å². The number of hydrogen-bond donors (Lipinski definition) is 1. The Bertz CT molecular complexity index is 131. The molecule has 0 radical (unpaired) electrons. The first-order valence-corrected chi connectivity index (χ1v) is 6.35. The highest BCUT2D eigenvalue weighted by atomic mass is 32.2. The van der Waals surface area contributed by atoms with Gasteiger partial charge in [-0.15, -0.1) is 0 Å². The molecule has 0 bridgehead atoms. The first-order valence-electron chi connectivity index (χ1n) is 5.20. The normalized spacial score (nSPS) is 38.0. The van der Waals surface area contributed by atoms with E-state index in [1.807, 2.05) is 0 Å². The van der Waals surface area contributed by atoms with Crippen LogP contribution in [-0.4, -0.2) is 24.6 Å². The lowest BCUT2D eigenvalue weighted by molar-refractivity contribution is 0.261. The van der Waals surface area contributed by atoms with E-state index in [0.29, 0.717) is 0 Å². The fourth-order valence-corrected chi connectivity index (χ4v) is 3.86. The van der Waals surface area contributed by atoms with Gasteiger partial charge in [-0.1, -0.05) is 0 Å². The molecule has 2 rings (SSSR count). The van der Waals surface area contributed by atoms with Gasteiger partial charge >= 0.3 is 0 Å². The molecule has 0 aromatic carbocycles. The SMILES string of the molecule is C1CNCCC2(C1)CCCSC2. The fourth-order valence-electron chi connectivity index (χ4n) is 2.50. The van der Waals surface area contributed by atoms with Crippen LogP contribution >= 0.6 is 11.8 Å². The van der Waals surface area contributed by atoms with Gasteiger partial charge in [0.05, 0.1) is 0 Å². The largest absolute Gasteiger partial charge is 0.317 e. The van der Waals surface area contributed by atoms with Crippen LogP contribution in [0, 0.1) is 5.41 Å². The molecule has 1 nitrogen and oxygen atoms in total. The molecule has 2 saturated heterocycles. The van der Waals surface area contributed by atoms with Crippen molar-refractivity contribution in [2.75, 3.05) is 24.6 Å². The van der Waals surface area contributed by atoms with Gasteiger partial charge in [0.2, 0.25) is 0 Å². The van der Waals surface area contributed by atoms with E-state index in [2.05, 4.69) is 17.1 Å². The second-order valence-corrected chi connectivity index (χ2v) is 5.36. The number of nitrogens with one attached hydrogen (secondary N) is 1. The molecule has 1 spiro atoms. The predicted molar refractivity (Wildman–Crippen MR) is 55.7 cm³/mol. The van der Waals surface area contributed by atoms with E-state index in [1.165, 1.54) is 56.7 Å². The summed E-state index contributed by atoms with van der Waals surface area (Å²) in [6.45, 7) is 2.52. The van der Waals surface area contributed by atoms with Gasteiger partial charge in [0, 0.05) is 0 Å². The van der Waals surface area contributed by atoms with Gasteiger partial charge < -0.3 is 5.32 Å². The molecule has 0 aromatic rings. The first kappa shape index (κ1) is 8.89. The first-order chi connectivity index (χ1) is 5.91. The van der Waals surface area contributed by atoms with Crippen molar-refractivity contribution in [3.05, 3.63) is 0 Å². The van der Waals surface area contributed by atoms with Crippen LogP contribution in [0.15, 0.2) is 0 Å². The van der Waals surface area contributed by atoms with Crippen molar-refractivity contribution in [3.8, 4) is 0 Å². The maximum absolute atomic E-state index is 3.51. The Morgan fingerprint density at radius 3 is 2.75 bits per heavy atom. The van der Waals surface area contributed by atoms with Crippen molar-refractivity contribution in [1.82, 2.24) is 5.32 Å². The van der Waals surface area contributed by atoms with Gasteiger partial charge in [-0.25, -0.2) is 0 Å². The summed E-state index contributed by atoms with van der Waals surface area (Å²) in [6.07, 6.45) is 7.28. The Balaban J connectivity index is 1.95. The molecule has 1 atom stereocenters. The van der Waals surface area contributed by atoms with E-state index in [-0.39, 0.29) is 0 Å². The zero-order valence-corrected chi connectivity index (χ0v) is 8.59. The number of hydrogen-bond acceptors (Lipinski definition) is 2. The lowest BCUT2D eigenvalue weighted by atomic mass is 9.78. The second-order valence-electron chi connectivity index (χ2n) is 4.26. The lowest BCUT2D eigenvalue weighted by Gasteiger charge is -2.35. The lowest BCUT2D eigenvalue weighted by Crippen LogP contribution is -2.28. The minimum Gasteiger partial charge on any atom is -0.317 e. The number of rotatable bonds is 0. The molecule has 0 aliphatic carbocycles. The van der Waals surface area contributed by atoms with Crippen LogP contribution < -0.4 is 5.32 Å². The van der Waals surface area contributed by atoms with Crippen LogP contribution in [-0.2, 0) is 0 Å². The topological polar surface area (TPSA) is 12.0 Å². The maximum Gasteiger partial charge on any atom is -0.00103 e. The van der Waals surface area contributed by atoms with Crippen LogP contribution in [0.3, 0.4) is 0 Å². The summed E-state index contributed by atoms with van der Waals surface area (Å²) in [5, 5.41) is 3.51. The standard InChI is InChI=1S/C10H19NS/c1-3-10(5-7-11-6-1)4-2-8-12-9-10/h11H,1-9H2. The highest BCUT2D eigenvalue weighted by Crippen LogP contribution is 2.41. The quantitative estimate of drug-likeness (QED) is 0.621. The summed E-state index contributed by atoms with van der Waals surface area (Å²) in [5.74, 6) is 2.85. The van der Waals surface area contributed by atoms with E-state index in [9.17, 15) is 0 Å². The molecule has 2 fully saturated rings. The molecule has 1 N–H and O–H groups in total. The van der Waals surface area contributed by atoms with Gasteiger partial charge in [-0.3, -0.25) is 0 Å². The summed E-state index contributed by atoms with van der Waals surface area (Å²) < 4.78 is 0. The summed E-state index contributed by atoms with van der Waals surface area (Å²) in [7, 11) is 0. The third-order valence-electron chi connectivity index (χ3n) is 3.30. The Morgan fingerprint density at radius 2 is 1.92 bits per heavy atom. The number of thioether (sulfide) groups is 1. The van der Waals surface area contributed by atoms with Crippen LogP contribution in [0.2, 0.25) is 0 Å².